The fourth-order valence-corrected chi connectivity index (χ4v) is 3.50. The molecule has 2 rings (SSSR count). The van der Waals surface area contributed by atoms with Crippen molar-refractivity contribution in [2.75, 3.05) is 20.3 Å². The fraction of sp³-hybridized carbons (Fsp3) is 0.444. The van der Waals surface area contributed by atoms with E-state index < -0.39 is 0 Å². The lowest BCUT2D eigenvalue weighted by atomic mass is 10.0. The van der Waals surface area contributed by atoms with E-state index in [0.29, 0.717) is 35.8 Å². The molecule has 0 radical (unpaired) electrons. The number of methoxy groups -OCH3 is 1. The minimum absolute atomic E-state index is 0.307. The molecule has 0 aliphatic rings. The molecule has 5 heteroatoms. The zero-order valence-corrected chi connectivity index (χ0v) is 19.0. The Morgan fingerprint density at radius 1 is 0.906 bits per heavy atom. The number of halogens is 1. The van der Waals surface area contributed by atoms with Crippen LogP contribution >= 0.6 is 0 Å². The first-order valence-corrected chi connectivity index (χ1v) is 11.5. The number of hydrogen-bond acceptors (Lipinski definition) is 4. The summed E-state index contributed by atoms with van der Waals surface area (Å²) in [6, 6.07) is 13.6. The average Bonchev–Trinajstić information content (AvgIpc) is 2.82. The SMILES string of the molecule is COc1cc(C=C(C#N)c2ccc(F)cc2)ccc1OCCCCCCCCCCCO. The number of nitrogens with zero attached hydrogens (tertiary/aromatic N) is 1. The Morgan fingerprint density at radius 3 is 2.12 bits per heavy atom. The van der Waals surface area contributed by atoms with Crippen LogP contribution in [0.2, 0.25) is 0 Å². The van der Waals surface area contributed by atoms with Crippen LogP contribution < -0.4 is 9.47 Å². The number of aliphatic hydroxyl groups excluding tert-OH is 1. The first-order chi connectivity index (χ1) is 15.7. The van der Waals surface area contributed by atoms with Crippen molar-refractivity contribution in [3.05, 3.63) is 59.4 Å². The van der Waals surface area contributed by atoms with E-state index in [-0.39, 0.29) is 5.82 Å². The molecule has 0 bridgehead atoms. The van der Waals surface area contributed by atoms with Gasteiger partial charge in [0.05, 0.1) is 25.4 Å². The largest absolute Gasteiger partial charge is 0.493 e. The van der Waals surface area contributed by atoms with Gasteiger partial charge in [-0.1, -0.05) is 63.1 Å². The summed E-state index contributed by atoms with van der Waals surface area (Å²) in [6.45, 7) is 0.947. The van der Waals surface area contributed by atoms with E-state index in [1.165, 1.54) is 44.2 Å². The van der Waals surface area contributed by atoms with E-state index in [9.17, 15) is 9.65 Å². The monoisotopic (exact) mass is 439 g/mol. The van der Waals surface area contributed by atoms with Gasteiger partial charge < -0.3 is 14.6 Å². The third-order valence-electron chi connectivity index (χ3n) is 5.33. The fourth-order valence-electron chi connectivity index (χ4n) is 3.50. The Kier molecular flexibility index (Phi) is 12.0. The van der Waals surface area contributed by atoms with Gasteiger partial charge in [-0.05, 0) is 54.3 Å². The summed E-state index contributed by atoms with van der Waals surface area (Å²) in [5.74, 6) is 0.982. The minimum atomic E-state index is -0.330. The quantitative estimate of drug-likeness (QED) is 0.189. The Bertz CT molecular complexity index is 871. The molecule has 0 unspecified atom stereocenters. The summed E-state index contributed by atoms with van der Waals surface area (Å²) in [7, 11) is 1.60. The van der Waals surface area contributed by atoms with E-state index in [2.05, 4.69) is 6.07 Å². The zero-order chi connectivity index (χ0) is 23.0. The molecule has 0 saturated heterocycles. The summed E-state index contributed by atoms with van der Waals surface area (Å²) in [5, 5.41) is 18.3. The van der Waals surface area contributed by atoms with Crippen molar-refractivity contribution in [3.63, 3.8) is 0 Å². The molecular formula is C27H34FNO3. The molecule has 2 aromatic rings. The number of nitriles is 1. The summed E-state index contributed by atoms with van der Waals surface area (Å²) >= 11 is 0. The summed E-state index contributed by atoms with van der Waals surface area (Å²) < 4.78 is 24.5. The van der Waals surface area contributed by atoms with Crippen molar-refractivity contribution < 1.29 is 19.0 Å². The summed E-state index contributed by atoms with van der Waals surface area (Å²) in [5.41, 5.74) is 1.93. The molecule has 0 amide bonds. The van der Waals surface area contributed by atoms with Gasteiger partial charge in [0.15, 0.2) is 11.5 Å². The molecule has 2 aromatic carbocycles. The van der Waals surface area contributed by atoms with Crippen LogP contribution in [0.3, 0.4) is 0 Å². The second-order valence-electron chi connectivity index (χ2n) is 7.84. The van der Waals surface area contributed by atoms with Crippen molar-refractivity contribution in [3.8, 4) is 17.6 Å². The lowest BCUT2D eigenvalue weighted by molar-refractivity contribution is 0.281. The van der Waals surface area contributed by atoms with Crippen LogP contribution in [0.5, 0.6) is 11.5 Å². The first kappa shape index (κ1) is 25.4. The maximum absolute atomic E-state index is 13.1. The number of ether oxygens (including phenoxy) is 2. The molecule has 0 spiro atoms. The minimum Gasteiger partial charge on any atom is -0.493 e. The normalized spacial score (nSPS) is 11.2. The van der Waals surface area contributed by atoms with Crippen LogP contribution in [-0.2, 0) is 0 Å². The van der Waals surface area contributed by atoms with E-state index in [1.54, 1.807) is 25.3 Å². The van der Waals surface area contributed by atoms with E-state index in [4.69, 9.17) is 14.6 Å². The summed E-state index contributed by atoms with van der Waals surface area (Å²) in [6.07, 6.45) is 12.1. The van der Waals surface area contributed by atoms with Crippen LogP contribution in [0.1, 0.15) is 68.9 Å². The van der Waals surface area contributed by atoms with Crippen LogP contribution in [0.15, 0.2) is 42.5 Å². The van der Waals surface area contributed by atoms with Crippen LogP contribution in [-0.4, -0.2) is 25.4 Å². The van der Waals surface area contributed by atoms with Gasteiger partial charge in [0.2, 0.25) is 0 Å². The van der Waals surface area contributed by atoms with Gasteiger partial charge in [0.25, 0.3) is 0 Å². The highest BCUT2D eigenvalue weighted by Crippen LogP contribution is 2.30. The molecule has 0 atom stereocenters. The standard InChI is InChI=1S/C27H34FNO3/c1-31-27-20-22(19-24(21-29)23-12-14-25(28)15-13-23)11-16-26(27)32-18-10-8-6-4-2-3-5-7-9-17-30/h11-16,19-20,30H,2-10,17-18H2,1H3. The molecular weight excluding hydrogens is 405 g/mol. The first-order valence-electron chi connectivity index (χ1n) is 11.5. The number of benzene rings is 2. The van der Waals surface area contributed by atoms with Crippen LogP contribution in [0.25, 0.3) is 11.6 Å². The molecule has 0 heterocycles. The van der Waals surface area contributed by atoms with Gasteiger partial charge in [-0.15, -0.1) is 0 Å². The number of unbranched alkanes of at least 4 members (excludes halogenated alkanes) is 8. The Hall–Kier alpha value is -2.84. The smallest absolute Gasteiger partial charge is 0.161 e. The average molecular weight is 440 g/mol. The van der Waals surface area contributed by atoms with Gasteiger partial charge >= 0.3 is 0 Å². The van der Waals surface area contributed by atoms with Gasteiger partial charge in [0, 0.05) is 6.61 Å². The highest BCUT2D eigenvalue weighted by molar-refractivity contribution is 5.89. The second-order valence-corrected chi connectivity index (χ2v) is 7.84. The molecule has 0 aromatic heterocycles. The van der Waals surface area contributed by atoms with E-state index in [0.717, 1.165) is 31.2 Å². The third kappa shape index (κ3) is 9.11. The summed E-state index contributed by atoms with van der Waals surface area (Å²) in [4.78, 5) is 0. The third-order valence-corrected chi connectivity index (χ3v) is 5.33. The highest BCUT2D eigenvalue weighted by Gasteiger charge is 2.07. The lowest BCUT2D eigenvalue weighted by Crippen LogP contribution is -1.99. The number of rotatable bonds is 15. The van der Waals surface area contributed by atoms with Crippen molar-refractivity contribution >= 4 is 11.6 Å². The van der Waals surface area contributed by atoms with Crippen molar-refractivity contribution in [2.45, 2.75) is 57.8 Å². The van der Waals surface area contributed by atoms with Crippen molar-refractivity contribution in [1.29, 1.82) is 5.26 Å². The van der Waals surface area contributed by atoms with Gasteiger partial charge in [-0.3, -0.25) is 0 Å². The molecule has 0 saturated carbocycles. The predicted octanol–water partition coefficient (Wildman–Crippen LogP) is 6.78. The lowest BCUT2D eigenvalue weighted by Gasteiger charge is -2.11. The topological polar surface area (TPSA) is 62.5 Å². The van der Waals surface area contributed by atoms with Gasteiger partial charge in [-0.25, -0.2) is 4.39 Å². The Morgan fingerprint density at radius 2 is 1.53 bits per heavy atom. The molecule has 1 N–H and O–H groups in total. The molecule has 32 heavy (non-hydrogen) atoms. The molecule has 172 valence electrons. The van der Waals surface area contributed by atoms with E-state index >= 15 is 0 Å². The number of aliphatic hydroxyl groups is 1. The van der Waals surface area contributed by atoms with Gasteiger partial charge in [-0.2, -0.15) is 5.26 Å². The van der Waals surface area contributed by atoms with Crippen LogP contribution in [0.4, 0.5) is 4.39 Å². The maximum Gasteiger partial charge on any atom is 0.161 e. The van der Waals surface area contributed by atoms with Crippen LogP contribution in [0, 0.1) is 17.1 Å². The van der Waals surface area contributed by atoms with E-state index in [1.807, 2.05) is 18.2 Å². The number of allylic oxidation sites excluding steroid dienone is 1. The zero-order valence-electron chi connectivity index (χ0n) is 19.0. The maximum atomic E-state index is 13.1. The molecule has 4 nitrogen and oxygen atoms in total. The van der Waals surface area contributed by atoms with Crippen molar-refractivity contribution in [1.82, 2.24) is 0 Å². The highest BCUT2D eigenvalue weighted by atomic mass is 19.1. The Labute approximate surface area is 191 Å². The van der Waals surface area contributed by atoms with Crippen molar-refractivity contribution in [2.24, 2.45) is 0 Å². The molecule has 0 fully saturated rings. The van der Waals surface area contributed by atoms with Gasteiger partial charge in [0.1, 0.15) is 5.82 Å². The predicted molar refractivity (Wildman–Crippen MR) is 127 cm³/mol. The molecule has 0 aliphatic carbocycles. The molecule has 0 aliphatic heterocycles. The Balaban J connectivity index is 1.79. The number of hydrogen-bond donors (Lipinski definition) is 1. The second kappa shape index (κ2) is 15.0.